The molecule has 2 rings (SSSR count). The highest BCUT2D eigenvalue weighted by Gasteiger charge is 2.05. The minimum atomic E-state index is 0.827. The second-order valence-corrected chi connectivity index (χ2v) is 4.82. The van der Waals surface area contributed by atoms with Gasteiger partial charge in [-0.1, -0.05) is 6.07 Å². The van der Waals surface area contributed by atoms with Crippen molar-refractivity contribution in [3.8, 4) is 0 Å². The van der Waals surface area contributed by atoms with Gasteiger partial charge < -0.3 is 4.90 Å². The summed E-state index contributed by atoms with van der Waals surface area (Å²) in [6.45, 7) is 0.827. The number of halogens is 1. The summed E-state index contributed by atoms with van der Waals surface area (Å²) in [5, 5.41) is 2.99. The molecule has 0 aromatic carbocycles. The number of anilines is 1. The lowest BCUT2D eigenvalue weighted by Gasteiger charge is -2.14. The summed E-state index contributed by atoms with van der Waals surface area (Å²) in [6.07, 6.45) is 3.66. The van der Waals surface area contributed by atoms with Gasteiger partial charge in [0, 0.05) is 31.4 Å². The molecule has 15 heavy (non-hydrogen) atoms. The fourth-order valence-corrected chi connectivity index (χ4v) is 2.47. The Hall–Kier alpha value is -0.940. The molecule has 0 spiro atoms. The molecular weight excluding hydrogens is 274 g/mol. The van der Waals surface area contributed by atoms with Crippen LogP contribution in [0.4, 0.5) is 5.13 Å². The molecule has 0 N–H and O–H groups in total. The van der Waals surface area contributed by atoms with E-state index in [0.29, 0.717) is 0 Å². The van der Waals surface area contributed by atoms with Crippen LogP contribution in [0.1, 0.15) is 5.56 Å². The quantitative estimate of drug-likeness (QED) is 0.867. The molecule has 0 bridgehead atoms. The van der Waals surface area contributed by atoms with Gasteiger partial charge in [-0.15, -0.1) is 11.3 Å². The molecule has 2 aromatic heterocycles. The number of nitrogens with zero attached hydrogens (tertiary/aromatic N) is 3. The molecule has 0 aliphatic carbocycles. The summed E-state index contributed by atoms with van der Waals surface area (Å²) < 4.78 is 0.889. The summed E-state index contributed by atoms with van der Waals surface area (Å²) in [5.41, 5.74) is 1.19. The first-order valence-corrected chi connectivity index (χ1v) is 6.14. The molecule has 0 radical (unpaired) electrons. The van der Waals surface area contributed by atoms with Gasteiger partial charge in [0.2, 0.25) is 0 Å². The van der Waals surface area contributed by atoms with E-state index in [-0.39, 0.29) is 0 Å². The standard InChI is InChI=1S/C10H10BrN3S/c1-14(10-13-9(11)7-15-10)6-8-3-2-4-12-5-8/h2-5,7H,6H2,1H3. The third-order valence-corrected chi connectivity index (χ3v) is 3.60. The Kier molecular flexibility index (Phi) is 3.33. The molecule has 0 atom stereocenters. The second kappa shape index (κ2) is 4.72. The highest BCUT2D eigenvalue weighted by atomic mass is 79.9. The van der Waals surface area contributed by atoms with Gasteiger partial charge in [0.1, 0.15) is 4.60 Å². The predicted molar refractivity (Wildman–Crippen MR) is 66.2 cm³/mol. The Bertz CT molecular complexity index is 429. The SMILES string of the molecule is CN(Cc1cccnc1)c1nc(Br)cs1. The van der Waals surface area contributed by atoms with E-state index < -0.39 is 0 Å². The molecule has 0 aliphatic rings. The van der Waals surface area contributed by atoms with E-state index in [1.807, 2.05) is 24.7 Å². The zero-order valence-corrected chi connectivity index (χ0v) is 10.6. The van der Waals surface area contributed by atoms with Crippen molar-refractivity contribution >= 4 is 32.4 Å². The maximum absolute atomic E-state index is 4.35. The largest absolute Gasteiger partial charge is 0.347 e. The van der Waals surface area contributed by atoms with Gasteiger partial charge in [-0.3, -0.25) is 4.98 Å². The first kappa shape index (κ1) is 10.6. The van der Waals surface area contributed by atoms with E-state index >= 15 is 0 Å². The topological polar surface area (TPSA) is 29.0 Å². The minimum absolute atomic E-state index is 0.827. The zero-order valence-electron chi connectivity index (χ0n) is 8.22. The van der Waals surface area contributed by atoms with Crippen molar-refractivity contribution in [3.63, 3.8) is 0 Å². The molecule has 3 nitrogen and oxygen atoms in total. The van der Waals surface area contributed by atoms with Crippen LogP contribution in [0.15, 0.2) is 34.5 Å². The lowest BCUT2D eigenvalue weighted by molar-refractivity contribution is 0.906. The molecule has 2 heterocycles. The maximum atomic E-state index is 4.35. The van der Waals surface area contributed by atoms with Crippen molar-refractivity contribution in [2.45, 2.75) is 6.54 Å². The van der Waals surface area contributed by atoms with Gasteiger partial charge in [0.05, 0.1) is 0 Å². The van der Waals surface area contributed by atoms with E-state index in [2.05, 4.69) is 36.9 Å². The van der Waals surface area contributed by atoms with Crippen LogP contribution < -0.4 is 4.90 Å². The molecule has 78 valence electrons. The Morgan fingerprint density at radius 2 is 2.40 bits per heavy atom. The lowest BCUT2D eigenvalue weighted by atomic mass is 10.3. The molecule has 2 aromatic rings. The maximum Gasteiger partial charge on any atom is 0.186 e. The van der Waals surface area contributed by atoms with E-state index in [0.717, 1.165) is 16.3 Å². The van der Waals surface area contributed by atoms with Crippen molar-refractivity contribution in [2.75, 3.05) is 11.9 Å². The summed E-state index contributed by atoms with van der Waals surface area (Å²) in [6, 6.07) is 4.01. The molecule has 0 aliphatic heterocycles. The van der Waals surface area contributed by atoms with Crippen molar-refractivity contribution in [2.24, 2.45) is 0 Å². The molecular formula is C10H10BrN3S. The van der Waals surface area contributed by atoms with E-state index in [1.54, 1.807) is 17.5 Å². The van der Waals surface area contributed by atoms with Crippen LogP contribution in [0.5, 0.6) is 0 Å². The molecule has 0 unspecified atom stereocenters. The summed E-state index contributed by atoms with van der Waals surface area (Å²) in [5.74, 6) is 0. The van der Waals surface area contributed by atoms with Gasteiger partial charge in [-0.25, -0.2) is 4.98 Å². The zero-order chi connectivity index (χ0) is 10.7. The first-order chi connectivity index (χ1) is 7.25. The number of pyridine rings is 1. The number of hydrogen-bond acceptors (Lipinski definition) is 4. The van der Waals surface area contributed by atoms with Gasteiger partial charge in [0.25, 0.3) is 0 Å². The number of rotatable bonds is 3. The van der Waals surface area contributed by atoms with E-state index in [4.69, 9.17) is 0 Å². The number of hydrogen-bond donors (Lipinski definition) is 0. The van der Waals surface area contributed by atoms with Crippen LogP contribution in [-0.2, 0) is 6.54 Å². The van der Waals surface area contributed by atoms with Gasteiger partial charge in [-0.05, 0) is 27.6 Å². The van der Waals surface area contributed by atoms with Gasteiger partial charge >= 0.3 is 0 Å². The Morgan fingerprint density at radius 1 is 1.53 bits per heavy atom. The normalized spacial score (nSPS) is 10.3. The van der Waals surface area contributed by atoms with Crippen molar-refractivity contribution in [3.05, 3.63) is 40.1 Å². The van der Waals surface area contributed by atoms with Crippen molar-refractivity contribution in [1.29, 1.82) is 0 Å². The second-order valence-electron chi connectivity index (χ2n) is 3.17. The smallest absolute Gasteiger partial charge is 0.186 e. The van der Waals surface area contributed by atoms with Gasteiger partial charge in [-0.2, -0.15) is 0 Å². The molecule has 0 fully saturated rings. The molecule has 0 amide bonds. The third-order valence-electron chi connectivity index (χ3n) is 1.93. The van der Waals surface area contributed by atoms with Crippen LogP contribution in [0, 0.1) is 0 Å². The summed E-state index contributed by atoms with van der Waals surface area (Å²) in [4.78, 5) is 10.5. The van der Waals surface area contributed by atoms with Crippen molar-refractivity contribution < 1.29 is 0 Å². The Morgan fingerprint density at radius 3 is 3.00 bits per heavy atom. The lowest BCUT2D eigenvalue weighted by Crippen LogP contribution is -2.15. The minimum Gasteiger partial charge on any atom is -0.347 e. The van der Waals surface area contributed by atoms with Crippen LogP contribution in [0.3, 0.4) is 0 Å². The molecule has 0 saturated heterocycles. The molecule has 0 saturated carbocycles. The average Bonchev–Trinajstić information content (AvgIpc) is 2.66. The summed E-state index contributed by atoms with van der Waals surface area (Å²) >= 11 is 4.97. The van der Waals surface area contributed by atoms with E-state index in [1.165, 1.54) is 5.56 Å². The summed E-state index contributed by atoms with van der Waals surface area (Å²) in [7, 11) is 2.03. The highest BCUT2D eigenvalue weighted by molar-refractivity contribution is 9.10. The Balaban J connectivity index is 2.07. The van der Waals surface area contributed by atoms with Gasteiger partial charge in [0.15, 0.2) is 5.13 Å². The first-order valence-electron chi connectivity index (χ1n) is 4.47. The van der Waals surface area contributed by atoms with Crippen LogP contribution in [0.25, 0.3) is 0 Å². The number of aromatic nitrogens is 2. The molecule has 5 heteroatoms. The van der Waals surface area contributed by atoms with Crippen molar-refractivity contribution in [1.82, 2.24) is 9.97 Å². The average molecular weight is 284 g/mol. The van der Waals surface area contributed by atoms with Crippen LogP contribution in [0.2, 0.25) is 0 Å². The number of thiazole rings is 1. The fourth-order valence-electron chi connectivity index (χ4n) is 1.25. The monoisotopic (exact) mass is 283 g/mol. The highest BCUT2D eigenvalue weighted by Crippen LogP contribution is 2.23. The third kappa shape index (κ3) is 2.76. The van der Waals surface area contributed by atoms with Crippen LogP contribution >= 0.6 is 27.3 Å². The van der Waals surface area contributed by atoms with Crippen LogP contribution in [-0.4, -0.2) is 17.0 Å². The Labute approximate surface area is 101 Å². The predicted octanol–water partition coefficient (Wildman–Crippen LogP) is 2.94. The fraction of sp³-hybridized carbons (Fsp3) is 0.200. The van der Waals surface area contributed by atoms with E-state index in [9.17, 15) is 0 Å².